The Bertz CT molecular complexity index is 915. The third-order valence-electron chi connectivity index (χ3n) is 4.88. The second-order valence-electron chi connectivity index (χ2n) is 6.68. The van der Waals surface area contributed by atoms with Gasteiger partial charge in [-0.3, -0.25) is 4.79 Å². The number of carbonyl (C=O) groups excluding carboxylic acids is 1. The van der Waals surface area contributed by atoms with E-state index >= 15 is 0 Å². The van der Waals surface area contributed by atoms with Gasteiger partial charge in [0.15, 0.2) is 0 Å². The Hall–Kier alpha value is -2.63. The lowest BCUT2D eigenvalue weighted by Gasteiger charge is -2.24. The Labute approximate surface area is 163 Å². The van der Waals surface area contributed by atoms with Crippen molar-refractivity contribution in [2.24, 2.45) is 0 Å². The summed E-state index contributed by atoms with van der Waals surface area (Å²) in [6.07, 6.45) is 3.63. The van der Waals surface area contributed by atoms with E-state index in [-0.39, 0.29) is 11.8 Å². The van der Waals surface area contributed by atoms with E-state index in [2.05, 4.69) is 15.7 Å². The Kier molecular flexibility index (Phi) is 5.23. The molecule has 1 amide bonds. The highest BCUT2D eigenvalue weighted by Gasteiger charge is 2.27. The molecule has 1 aliphatic rings. The number of para-hydroxylation sites is 1. The minimum absolute atomic E-state index is 0.130. The molecule has 6 heteroatoms. The SMILES string of the molecule is O=C(Nc1ccccc1)c1cnn(-c2ccc(Cl)cc2)c1C1CCNCC1. The van der Waals surface area contributed by atoms with E-state index in [1.54, 1.807) is 6.20 Å². The van der Waals surface area contributed by atoms with E-state index < -0.39 is 0 Å². The van der Waals surface area contributed by atoms with Crippen LogP contribution in [0, 0.1) is 0 Å². The largest absolute Gasteiger partial charge is 0.322 e. The molecular formula is C21H21ClN4O. The lowest BCUT2D eigenvalue weighted by atomic mass is 9.91. The fourth-order valence-corrected chi connectivity index (χ4v) is 3.66. The molecule has 1 fully saturated rings. The molecule has 1 aliphatic heterocycles. The Balaban J connectivity index is 1.72. The number of nitrogens with one attached hydrogen (secondary N) is 2. The Morgan fingerprint density at radius 2 is 1.78 bits per heavy atom. The molecule has 0 saturated carbocycles. The van der Waals surface area contributed by atoms with Crippen LogP contribution in [0.4, 0.5) is 5.69 Å². The van der Waals surface area contributed by atoms with Gasteiger partial charge < -0.3 is 10.6 Å². The van der Waals surface area contributed by atoms with E-state index in [9.17, 15) is 4.79 Å². The van der Waals surface area contributed by atoms with Crippen molar-refractivity contribution in [1.29, 1.82) is 0 Å². The quantitative estimate of drug-likeness (QED) is 0.711. The highest BCUT2D eigenvalue weighted by Crippen LogP contribution is 2.31. The van der Waals surface area contributed by atoms with E-state index in [1.165, 1.54) is 0 Å². The normalized spacial score (nSPS) is 14.9. The maximum Gasteiger partial charge on any atom is 0.259 e. The maximum atomic E-state index is 13.0. The van der Waals surface area contributed by atoms with Crippen molar-refractivity contribution in [3.05, 3.63) is 77.1 Å². The number of aromatic nitrogens is 2. The van der Waals surface area contributed by atoms with Crippen LogP contribution in [-0.4, -0.2) is 28.8 Å². The molecule has 0 spiro atoms. The summed E-state index contributed by atoms with van der Waals surface area (Å²) in [6, 6.07) is 17.0. The van der Waals surface area contributed by atoms with Crippen LogP contribution >= 0.6 is 11.6 Å². The molecule has 0 radical (unpaired) electrons. The predicted octanol–water partition coefficient (Wildman–Crippen LogP) is 4.25. The van der Waals surface area contributed by atoms with Crippen molar-refractivity contribution >= 4 is 23.2 Å². The van der Waals surface area contributed by atoms with Crippen LogP contribution in [0.25, 0.3) is 5.69 Å². The first-order valence-electron chi connectivity index (χ1n) is 9.13. The first-order valence-corrected chi connectivity index (χ1v) is 9.51. The molecule has 2 aromatic carbocycles. The van der Waals surface area contributed by atoms with Crippen LogP contribution in [0.15, 0.2) is 60.8 Å². The van der Waals surface area contributed by atoms with Crippen LogP contribution in [0.5, 0.6) is 0 Å². The number of anilines is 1. The van der Waals surface area contributed by atoms with Gasteiger partial charge in [0.1, 0.15) is 0 Å². The van der Waals surface area contributed by atoms with Crippen molar-refractivity contribution in [1.82, 2.24) is 15.1 Å². The van der Waals surface area contributed by atoms with Gasteiger partial charge in [0.2, 0.25) is 0 Å². The fraction of sp³-hybridized carbons (Fsp3) is 0.238. The summed E-state index contributed by atoms with van der Waals surface area (Å²) in [4.78, 5) is 13.0. The average Bonchev–Trinajstić information content (AvgIpc) is 3.15. The molecule has 4 rings (SSSR count). The number of amides is 1. The third-order valence-corrected chi connectivity index (χ3v) is 5.13. The lowest BCUT2D eigenvalue weighted by molar-refractivity contribution is 0.102. The number of benzene rings is 2. The van der Waals surface area contributed by atoms with Gasteiger partial charge in [-0.15, -0.1) is 0 Å². The number of hydrogen-bond donors (Lipinski definition) is 2. The second kappa shape index (κ2) is 7.94. The van der Waals surface area contributed by atoms with Gasteiger partial charge >= 0.3 is 0 Å². The molecule has 27 heavy (non-hydrogen) atoms. The molecule has 0 unspecified atom stereocenters. The maximum absolute atomic E-state index is 13.0. The van der Waals surface area contributed by atoms with E-state index in [1.807, 2.05) is 59.3 Å². The Morgan fingerprint density at radius 3 is 2.48 bits per heavy atom. The van der Waals surface area contributed by atoms with Crippen molar-refractivity contribution in [3.63, 3.8) is 0 Å². The van der Waals surface area contributed by atoms with E-state index in [4.69, 9.17) is 11.6 Å². The lowest BCUT2D eigenvalue weighted by Crippen LogP contribution is -2.29. The molecule has 3 aromatic rings. The zero-order valence-corrected chi connectivity index (χ0v) is 15.6. The molecule has 1 saturated heterocycles. The summed E-state index contributed by atoms with van der Waals surface area (Å²) in [5, 5.41) is 11.6. The molecule has 138 valence electrons. The van der Waals surface area contributed by atoms with Crippen LogP contribution < -0.4 is 10.6 Å². The van der Waals surface area contributed by atoms with Crippen LogP contribution in [0.1, 0.15) is 34.8 Å². The van der Waals surface area contributed by atoms with Crippen molar-refractivity contribution < 1.29 is 4.79 Å². The number of piperidine rings is 1. The van der Waals surface area contributed by atoms with Gasteiger partial charge in [-0.1, -0.05) is 29.8 Å². The van der Waals surface area contributed by atoms with Gasteiger partial charge in [-0.25, -0.2) is 4.68 Å². The monoisotopic (exact) mass is 380 g/mol. The number of nitrogens with zero attached hydrogens (tertiary/aromatic N) is 2. The minimum Gasteiger partial charge on any atom is -0.322 e. The highest BCUT2D eigenvalue weighted by molar-refractivity contribution is 6.30. The molecule has 1 aromatic heterocycles. The summed E-state index contributed by atoms with van der Waals surface area (Å²) < 4.78 is 1.88. The molecule has 2 heterocycles. The standard InChI is InChI=1S/C21H21ClN4O/c22-16-6-8-18(9-7-16)26-20(15-10-12-23-13-11-15)19(14-24-26)21(27)25-17-4-2-1-3-5-17/h1-9,14-15,23H,10-13H2,(H,25,27). The van der Waals surface area contributed by atoms with Gasteiger partial charge in [-0.2, -0.15) is 5.10 Å². The molecule has 0 bridgehead atoms. The molecular weight excluding hydrogens is 360 g/mol. The first-order chi connectivity index (χ1) is 13.2. The van der Waals surface area contributed by atoms with Crippen molar-refractivity contribution in [2.45, 2.75) is 18.8 Å². The van der Waals surface area contributed by atoms with Crippen molar-refractivity contribution in [3.8, 4) is 5.69 Å². The molecule has 2 N–H and O–H groups in total. The zero-order chi connectivity index (χ0) is 18.6. The summed E-state index contributed by atoms with van der Waals surface area (Å²) in [5.41, 5.74) is 3.28. The van der Waals surface area contributed by atoms with Crippen LogP contribution in [0.2, 0.25) is 5.02 Å². The average molecular weight is 381 g/mol. The van der Waals surface area contributed by atoms with Gasteiger partial charge in [0, 0.05) is 16.6 Å². The molecule has 5 nitrogen and oxygen atoms in total. The fourth-order valence-electron chi connectivity index (χ4n) is 3.53. The summed E-state index contributed by atoms with van der Waals surface area (Å²) in [7, 11) is 0. The highest BCUT2D eigenvalue weighted by atomic mass is 35.5. The van der Waals surface area contributed by atoms with Crippen LogP contribution in [0.3, 0.4) is 0 Å². The zero-order valence-electron chi connectivity index (χ0n) is 14.9. The summed E-state index contributed by atoms with van der Waals surface area (Å²) in [5.74, 6) is 0.149. The number of hydrogen-bond acceptors (Lipinski definition) is 3. The van der Waals surface area contributed by atoms with E-state index in [0.29, 0.717) is 10.6 Å². The van der Waals surface area contributed by atoms with Gasteiger partial charge in [0.05, 0.1) is 23.1 Å². The van der Waals surface area contributed by atoms with Gasteiger partial charge in [-0.05, 0) is 62.3 Å². The van der Waals surface area contributed by atoms with E-state index in [0.717, 1.165) is 43.0 Å². The topological polar surface area (TPSA) is 59.0 Å². The second-order valence-corrected chi connectivity index (χ2v) is 7.11. The summed E-state index contributed by atoms with van der Waals surface area (Å²) >= 11 is 6.03. The first kappa shape index (κ1) is 17.8. The molecule has 0 aliphatic carbocycles. The van der Waals surface area contributed by atoms with Gasteiger partial charge in [0.25, 0.3) is 5.91 Å². The predicted molar refractivity (Wildman–Crippen MR) is 108 cm³/mol. The number of carbonyl (C=O) groups is 1. The van der Waals surface area contributed by atoms with Crippen molar-refractivity contribution in [2.75, 3.05) is 18.4 Å². The van der Waals surface area contributed by atoms with Crippen LogP contribution in [-0.2, 0) is 0 Å². The number of halogens is 1. The summed E-state index contributed by atoms with van der Waals surface area (Å²) in [6.45, 7) is 1.88. The molecule has 0 atom stereocenters. The third kappa shape index (κ3) is 3.89. The minimum atomic E-state index is -0.130. The number of rotatable bonds is 4. The smallest absolute Gasteiger partial charge is 0.259 e. The Morgan fingerprint density at radius 1 is 1.07 bits per heavy atom.